The van der Waals surface area contributed by atoms with Crippen LogP contribution in [0.4, 0.5) is 11.4 Å². The third-order valence-corrected chi connectivity index (χ3v) is 5.74. The van der Waals surface area contributed by atoms with E-state index in [1.54, 1.807) is 0 Å². The Morgan fingerprint density at radius 2 is 0.857 bits per heavy atom. The van der Waals surface area contributed by atoms with Crippen molar-refractivity contribution < 1.29 is 0 Å². The standard InChI is InChI=1S/C25H36N2S/c1-7-17-13-19(9-3)23(20(10-4)14-17)26-25(28)27-24-21(11-5)15-18(8-2)16-22(24)12-6/h13-16H,7-12H2,1-6H3,(H2,26,27,28). The van der Waals surface area contributed by atoms with Gasteiger partial charge in [0.2, 0.25) is 0 Å². The fraction of sp³-hybridized carbons (Fsp3) is 0.480. The monoisotopic (exact) mass is 396 g/mol. The number of benzene rings is 2. The first kappa shape index (κ1) is 22.4. The van der Waals surface area contributed by atoms with Gasteiger partial charge in [-0.25, -0.2) is 0 Å². The number of hydrogen-bond donors (Lipinski definition) is 2. The third-order valence-electron chi connectivity index (χ3n) is 5.54. The van der Waals surface area contributed by atoms with Gasteiger partial charge in [-0.1, -0.05) is 65.8 Å². The minimum atomic E-state index is 0.683. The van der Waals surface area contributed by atoms with E-state index in [9.17, 15) is 0 Å². The van der Waals surface area contributed by atoms with E-state index in [0.717, 1.165) is 38.5 Å². The molecule has 2 rings (SSSR count). The van der Waals surface area contributed by atoms with Crippen LogP contribution in [0.3, 0.4) is 0 Å². The lowest BCUT2D eigenvalue weighted by atomic mass is 9.97. The highest BCUT2D eigenvalue weighted by Gasteiger charge is 2.13. The van der Waals surface area contributed by atoms with E-state index in [1.807, 2.05) is 0 Å². The number of thiocarbonyl (C=S) groups is 1. The van der Waals surface area contributed by atoms with Gasteiger partial charge in [0.15, 0.2) is 5.11 Å². The lowest BCUT2D eigenvalue weighted by Gasteiger charge is -2.21. The van der Waals surface area contributed by atoms with Crippen LogP contribution < -0.4 is 10.6 Å². The Hall–Kier alpha value is -1.87. The van der Waals surface area contributed by atoms with Crippen molar-refractivity contribution in [1.29, 1.82) is 0 Å². The summed E-state index contributed by atoms with van der Waals surface area (Å²) in [7, 11) is 0. The molecule has 0 saturated heterocycles. The zero-order chi connectivity index (χ0) is 20.7. The van der Waals surface area contributed by atoms with Gasteiger partial charge in [0.05, 0.1) is 0 Å². The van der Waals surface area contributed by atoms with Crippen molar-refractivity contribution in [3.8, 4) is 0 Å². The largest absolute Gasteiger partial charge is 0.332 e. The van der Waals surface area contributed by atoms with E-state index in [0.29, 0.717) is 5.11 Å². The molecular weight excluding hydrogens is 360 g/mol. The molecule has 2 aromatic rings. The Balaban J connectivity index is 2.35. The van der Waals surface area contributed by atoms with Crippen molar-refractivity contribution in [3.05, 3.63) is 57.6 Å². The van der Waals surface area contributed by atoms with Crippen molar-refractivity contribution in [2.24, 2.45) is 0 Å². The summed E-state index contributed by atoms with van der Waals surface area (Å²) in [5.74, 6) is 0. The van der Waals surface area contributed by atoms with Gasteiger partial charge in [-0.05, 0) is 84.1 Å². The second-order valence-corrected chi connectivity index (χ2v) is 7.69. The van der Waals surface area contributed by atoms with E-state index in [-0.39, 0.29) is 0 Å². The first-order valence-corrected chi connectivity index (χ1v) is 11.3. The van der Waals surface area contributed by atoms with E-state index >= 15 is 0 Å². The van der Waals surface area contributed by atoms with Gasteiger partial charge in [-0.2, -0.15) is 0 Å². The summed E-state index contributed by atoms with van der Waals surface area (Å²) in [6, 6.07) is 9.26. The average Bonchev–Trinajstić information content (AvgIpc) is 2.73. The minimum Gasteiger partial charge on any atom is -0.332 e. The number of hydrogen-bond acceptors (Lipinski definition) is 1. The summed E-state index contributed by atoms with van der Waals surface area (Å²) in [5.41, 5.74) is 10.5. The molecule has 0 fully saturated rings. The highest BCUT2D eigenvalue weighted by molar-refractivity contribution is 7.80. The summed E-state index contributed by atoms with van der Waals surface area (Å²) in [5, 5.41) is 7.75. The highest BCUT2D eigenvalue weighted by Crippen LogP contribution is 2.28. The number of nitrogens with one attached hydrogen (secondary N) is 2. The molecule has 2 nitrogen and oxygen atoms in total. The lowest BCUT2D eigenvalue weighted by molar-refractivity contribution is 1.04. The Kier molecular flexibility index (Phi) is 8.50. The SMILES string of the molecule is CCc1cc(CC)c(NC(=S)Nc2c(CC)cc(CC)cc2CC)c(CC)c1. The quantitative estimate of drug-likeness (QED) is 0.476. The van der Waals surface area contributed by atoms with Crippen molar-refractivity contribution in [3.63, 3.8) is 0 Å². The maximum atomic E-state index is 5.75. The first-order chi connectivity index (χ1) is 13.5. The second-order valence-electron chi connectivity index (χ2n) is 7.28. The van der Waals surface area contributed by atoms with Crippen molar-refractivity contribution in [2.45, 2.75) is 80.1 Å². The molecule has 0 spiro atoms. The van der Waals surface area contributed by atoms with Crippen LogP contribution in [0.1, 0.15) is 74.9 Å². The second kappa shape index (κ2) is 10.6. The van der Waals surface area contributed by atoms with E-state index in [1.165, 1.54) is 44.8 Å². The molecule has 0 amide bonds. The van der Waals surface area contributed by atoms with Gasteiger partial charge in [-0.15, -0.1) is 0 Å². The molecule has 0 unspecified atom stereocenters. The summed E-state index contributed by atoms with van der Waals surface area (Å²) in [6.45, 7) is 13.3. The van der Waals surface area contributed by atoms with Crippen LogP contribution in [0, 0.1) is 0 Å². The fourth-order valence-electron chi connectivity index (χ4n) is 3.78. The molecule has 0 aliphatic rings. The summed E-state index contributed by atoms with van der Waals surface area (Å²) in [6.07, 6.45) is 6.11. The average molecular weight is 397 g/mol. The maximum Gasteiger partial charge on any atom is 0.175 e. The summed E-state index contributed by atoms with van der Waals surface area (Å²) >= 11 is 5.75. The molecule has 2 aromatic carbocycles. The van der Waals surface area contributed by atoms with Gasteiger partial charge in [0.1, 0.15) is 0 Å². The molecule has 152 valence electrons. The number of aryl methyl sites for hydroxylation is 6. The van der Waals surface area contributed by atoms with Crippen molar-refractivity contribution in [2.75, 3.05) is 10.6 Å². The zero-order valence-corrected chi connectivity index (χ0v) is 19.3. The van der Waals surface area contributed by atoms with Gasteiger partial charge in [0.25, 0.3) is 0 Å². The predicted octanol–water partition coefficient (Wildman–Crippen LogP) is 6.87. The van der Waals surface area contributed by atoms with Crippen LogP contribution in [0.15, 0.2) is 24.3 Å². The van der Waals surface area contributed by atoms with Gasteiger partial charge in [-0.3, -0.25) is 0 Å². The Morgan fingerprint density at radius 1 is 0.571 bits per heavy atom. The first-order valence-electron chi connectivity index (χ1n) is 10.9. The summed E-state index contributed by atoms with van der Waals surface area (Å²) < 4.78 is 0. The molecule has 0 heterocycles. The van der Waals surface area contributed by atoms with Crippen LogP contribution in [-0.4, -0.2) is 5.11 Å². The van der Waals surface area contributed by atoms with Crippen molar-refractivity contribution >= 4 is 28.7 Å². The highest BCUT2D eigenvalue weighted by atomic mass is 32.1. The topological polar surface area (TPSA) is 24.1 Å². The van der Waals surface area contributed by atoms with Crippen molar-refractivity contribution in [1.82, 2.24) is 0 Å². The van der Waals surface area contributed by atoms with Gasteiger partial charge >= 0.3 is 0 Å². The van der Waals surface area contributed by atoms with Crippen LogP contribution >= 0.6 is 12.2 Å². The number of anilines is 2. The van der Waals surface area contributed by atoms with Crippen LogP contribution in [0.5, 0.6) is 0 Å². The predicted molar refractivity (Wildman–Crippen MR) is 129 cm³/mol. The molecule has 0 radical (unpaired) electrons. The zero-order valence-electron chi connectivity index (χ0n) is 18.5. The molecule has 0 aliphatic heterocycles. The molecule has 0 bridgehead atoms. The lowest BCUT2D eigenvalue weighted by Crippen LogP contribution is -2.22. The van der Waals surface area contributed by atoms with Crippen LogP contribution in [0.25, 0.3) is 0 Å². The van der Waals surface area contributed by atoms with E-state index in [2.05, 4.69) is 76.4 Å². The molecule has 0 aliphatic carbocycles. The molecule has 28 heavy (non-hydrogen) atoms. The summed E-state index contributed by atoms with van der Waals surface area (Å²) in [4.78, 5) is 0. The Labute approximate surface area is 177 Å². The molecular formula is C25H36N2S. The molecule has 0 saturated carbocycles. The minimum absolute atomic E-state index is 0.683. The van der Waals surface area contributed by atoms with Crippen LogP contribution in [-0.2, 0) is 38.5 Å². The van der Waals surface area contributed by atoms with Gasteiger partial charge in [0, 0.05) is 11.4 Å². The Bertz CT molecular complexity index is 706. The molecule has 3 heteroatoms. The molecule has 0 aromatic heterocycles. The fourth-order valence-corrected chi connectivity index (χ4v) is 3.99. The smallest absolute Gasteiger partial charge is 0.175 e. The Morgan fingerprint density at radius 3 is 1.07 bits per heavy atom. The number of rotatable bonds is 8. The maximum absolute atomic E-state index is 5.75. The van der Waals surface area contributed by atoms with E-state index < -0.39 is 0 Å². The van der Waals surface area contributed by atoms with Gasteiger partial charge < -0.3 is 10.6 Å². The third kappa shape index (κ3) is 5.14. The van der Waals surface area contributed by atoms with Crippen LogP contribution in [0.2, 0.25) is 0 Å². The molecule has 2 N–H and O–H groups in total. The molecule has 0 atom stereocenters. The van der Waals surface area contributed by atoms with E-state index in [4.69, 9.17) is 12.2 Å². The normalized spacial score (nSPS) is 10.8.